The Morgan fingerprint density at radius 1 is 1.32 bits per heavy atom. The SMILES string of the molecule is COc1c(C=O)cncc1CO[Si](C)(C)C(C)(C)C. The van der Waals surface area contributed by atoms with Gasteiger partial charge in [-0.1, -0.05) is 20.8 Å². The minimum atomic E-state index is -1.82. The van der Waals surface area contributed by atoms with Crippen molar-refractivity contribution in [2.24, 2.45) is 0 Å². The number of methoxy groups -OCH3 is 1. The summed E-state index contributed by atoms with van der Waals surface area (Å²) >= 11 is 0. The van der Waals surface area contributed by atoms with Crippen LogP contribution in [-0.4, -0.2) is 26.7 Å². The third-order valence-electron chi connectivity index (χ3n) is 3.72. The molecule has 0 saturated carbocycles. The van der Waals surface area contributed by atoms with Gasteiger partial charge in [-0.2, -0.15) is 0 Å². The molecule has 0 amide bonds. The number of carbonyl (C=O) groups excluding carboxylic acids is 1. The number of rotatable bonds is 5. The van der Waals surface area contributed by atoms with Crippen molar-refractivity contribution in [1.82, 2.24) is 4.98 Å². The molecule has 0 fully saturated rings. The number of aromatic nitrogens is 1. The molecule has 1 rings (SSSR count). The van der Waals surface area contributed by atoms with Crippen molar-refractivity contribution < 1.29 is 14.0 Å². The molecular formula is C14H23NO3Si. The van der Waals surface area contributed by atoms with Crippen molar-refractivity contribution in [3.63, 3.8) is 0 Å². The summed E-state index contributed by atoms with van der Waals surface area (Å²) in [5, 5.41) is 0.149. The van der Waals surface area contributed by atoms with E-state index in [1.165, 1.54) is 6.20 Å². The third kappa shape index (κ3) is 3.64. The lowest BCUT2D eigenvalue weighted by molar-refractivity contribution is 0.112. The molecule has 0 N–H and O–H groups in total. The monoisotopic (exact) mass is 281 g/mol. The lowest BCUT2D eigenvalue weighted by Gasteiger charge is -2.36. The summed E-state index contributed by atoms with van der Waals surface area (Å²) in [7, 11) is -0.269. The molecule has 0 saturated heterocycles. The number of nitrogens with zero attached hydrogens (tertiary/aromatic N) is 1. The van der Waals surface area contributed by atoms with Gasteiger partial charge in [-0.05, 0) is 18.1 Å². The predicted molar refractivity (Wildman–Crippen MR) is 78.2 cm³/mol. The molecule has 1 aromatic rings. The standard InChI is InChI=1S/C14H23NO3Si/c1-14(2,3)19(5,6)18-10-12-8-15-7-11(9-16)13(12)17-4/h7-9H,10H2,1-6H3. The number of ether oxygens (including phenoxy) is 1. The normalized spacial score (nSPS) is 12.3. The minimum Gasteiger partial charge on any atom is -0.496 e. The van der Waals surface area contributed by atoms with Crippen molar-refractivity contribution in [2.75, 3.05) is 7.11 Å². The fourth-order valence-corrected chi connectivity index (χ4v) is 2.37. The maximum absolute atomic E-state index is 10.9. The summed E-state index contributed by atoms with van der Waals surface area (Å²) in [4.78, 5) is 15.0. The average Bonchev–Trinajstić information content (AvgIpc) is 2.34. The molecule has 0 atom stereocenters. The zero-order chi connectivity index (χ0) is 14.7. The Morgan fingerprint density at radius 3 is 2.42 bits per heavy atom. The lowest BCUT2D eigenvalue weighted by atomic mass is 10.2. The van der Waals surface area contributed by atoms with Crippen LogP contribution in [0.15, 0.2) is 12.4 Å². The quantitative estimate of drug-likeness (QED) is 0.613. The summed E-state index contributed by atoms with van der Waals surface area (Å²) in [6.07, 6.45) is 3.95. The highest BCUT2D eigenvalue weighted by Crippen LogP contribution is 2.37. The van der Waals surface area contributed by atoms with Gasteiger partial charge in [0, 0.05) is 18.0 Å². The van der Waals surface area contributed by atoms with Gasteiger partial charge in [-0.25, -0.2) is 0 Å². The highest BCUT2D eigenvalue weighted by Gasteiger charge is 2.37. The lowest BCUT2D eigenvalue weighted by Crippen LogP contribution is -2.40. The van der Waals surface area contributed by atoms with E-state index in [1.807, 2.05) is 0 Å². The maximum atomic E-state index is 10.9. The van der Waals surface area contributed by atoms with Gasteiger partial charge in [0.25, 0.3) is 0 Å². The molecule has 0 unspecified atom stereocenters. The number of carbonyl (C=O) groups is 1. The molecule has 0 aliphatic carbocycles. The fraction of sp³-hybridized carbons (Fsp3) is 0.571. The highest BCUT2D eigenvalue weighted by molar-refractivity contribution is 6.74. The summed E-state index contributed by atoms with van der Waals surface area (Å²) in [6.45, 7) is 11.4. The molecule has 106 valence electrons. The van der Waals surface area contributed by atoms with Gasteiger partial charge >= 0.3 is 0 Å². The van der Waals surface area contributed by atoms with Crippen LogP contribution < -0.4 is 4.74 Å². The van der Waals surface area contributed by atoms with Gasteiger partial charge < -0.3 is 9.16 Å². The first kappa shape index (κ1) is 15.9. The van der Waals surface area contributed by atoms with Crippen LogP contribution in [0.5, 0.6) is 5.75 Å². The first-order chi connectivity index (χ1) is 8.73. The van der Waals surface area contributed by atoms with Crippen LogP contribution in [0, 0.1) is 0 Å². The Labute approximate surface area is 116 Å². The fourth-order valence-electron chi connectivity index (χ4n) is 1.42. The van der Waals surface area contributed by atoms with Gasteiger partial charge in [-0.15, -0.1) is 0 Å². The Bertz CT molecular complexity index is 452. The molecule has 19 heavy (non-hydrogen) atoms. The van der Waals surface area contributed by atoms with E-state index in [4.69, 9.17) is 9.16 Å². The largest absolute Gasteiger partial charge is 0.496 e. The number of hydrogen-bond donors (Lipinski definition) is 0. The Hall–Kier alpha value is -1.20. The van der Waals surface area contributed by atoms with Crippen molar-refractivity contribution in [3.8, 4) is 5.75 Å². The van der Waals surface area contributed by atoms with Crippen molar-refractivity contribution in [1.29, 1.82) is 0 Å². The molecule has 1 heterocycles. The average molecular weight is 281 g/mol. The van der Waals surface area contributed by atoms with Gasteiger partial charge in [-0.3, -0.25) is 9.78 Å². The van der Waals surface area contributed by atoms with Crippen molar-refractivity contribution >= 4 is 14.6 Å². The van der Waals surface area contributed by atoms with Crippen LogP contribution in [0.25, 0.3) is 0 Å². The highest BCUT2D eigenvalue weighted by atomic mass is 28.4. The van der Waals surface area contributed by atoms with E-state index >= 15 is 0 Å². The molecule has 0 aliphatic rings. The Balaban J connectivity index is 2.93. The number of hydrogen-bond acceptors (Lipinski definition) is 4. The first-order valence-electron chi connectivity index (χ1n) is 6.33. The van der Waals surface area contributed by atoms with E-state index in [0.717, 1.165) is 11.8 Å². The van der Waals surface area contributed by atoms with E-state index in [2.05, 4.69) is 38.8 Å². The molecule has 0 aromatic carbocycles. The number of aldehydes is 1. The Kier molecular flexibility index (Phi) is 4.87. The van der Waals surface area contributed by atoms with Crippen LogP contribution >= 0.6 is 0 Å². The second kappa shape index (κ2) is 5.84. The van der Waals surface area contributed by atoms with Crippen LogP contribution in [0.1, 0.15) is 36.7 Å². The van der Waals surface area contributed by atoms with E-state index in [-0.39, 0.29) is 5.04 Å². The minimum absolute atomic E-state index is 0.149. The maximum Gasteiger partial charge on any atom is 0.192 e. The molecule has 0 bridgehead atoms. The molecule has 0 radical (unpaired) electrons. The summed E-state index contributed by atoms with van der Waals surface area (Å²) in [6, 6.07) is 0. The summed E-state index contributed by atoms with van der Waals surface area (Å²) in [5.74, 6) is 0.559. The molecule has 4 nitrogen and oxygen atoms in total. The zero-order valence-electron chi connectivity index (χ0n) is 12.6. The predicted octanol–water partition coefficient (Wildman–Crippen LogP) is 3.42. The second-order valence-corrected chi connectivity index (χ2v) is 10.9. The van der Waals surface area contributed by atoms with Gasteiger partial charge in [0.15, 0.2) is 14.6 Å². The smallest absolute Gasteiger partial charge is 0.192 e. The molecule has 0 spiro atoms. The first-order valence-corrected chi connectivity index (χ1v) is 9.24. The van der Waals surface area contributed by atoms with Gasteiger partial charge in [0.2, 0.25) is 0 Å². The van der Waals surface area contributed by atoms with Crippen LogP contribution in [0.4, 0.5) is 0 Å². The van der Waals surface area contributed by atoms with Gasteiger partial charge in [0.05, 0.1) is 19.3 Å². The van der Waals surface area contributed by atoms with Crippen molar-refractivity contribution in [3.05, 3.63) is 23.5 Å². The number of pyridine rings is 1. The van der Waals surface area contributed by atoms with E-state index in [1.54, 1.807) is 13.3 Å². The summed E-state index contributed by atoms with van der Waals surface area (Å²) in [5.41, 5.74) is 1.27. The van der Waals surface area contributed by atoms with Crippen LogP contribution in [-0.2, 0) is 11.0 Å². The van der Waals surface area contributed by atoms with E-state index < -0.39 is 8.32 Å². The Morgan fingerprint density at radius 2 is 1.95 bits per heavy atom. The molecule has 5 heteroatoms. The van der Waals surface area contributed by atoms with Crippen LogP contribution in [0.3, 0.4) is 0 Å². The summed E-state index contributed by atoms with van der Waals surface area (Å²) < 4.78 is 11.4. The zero-order valence-corrected chi connectivity index (χ0v) is 13.6. The molecule has 1 aromatic heterocycles. The van der Waals surface area contributed by atoms with E-state index in [0.29, 0.717) is 17.9 Å². The topological polar surface area (TPSA) is 48.4 Å². The third-order valence-corrected chi connectivity index (χ3v) is 8.20. The van der Waals surface area contributed by atoms with Gasteiger partial charge in [0.1, 0.15) is 5.75 Å². The van der Waals surface area contributed by atoms with Crippen molar-refractivity contribution in [2.45, 2.75) is 45.5 Å². The molecular weight excluding hydrogens is 258 g/mol. The molecule has 0 aliphatic heterocycles. The van der Waals surface area contributed by atoms with Crippen LogP contribution in [0.2, 0.25) is 18.1 Å². The van der Waals surface area contributed by atoms with E-state index in [9.17, 15) is 4.79 Å². The second-order valence-electron chi connectivity index (χ2n) is 6.09.